The molecule has 1 N–H and O–H groups in total. The number of unbranched alkanes of at least 4 members (excludes halogenated alkanes) is 4. The van der Waals surface area contributed by atoms with Crippen LogP contribution < -0.4 is 0 Å². The maximum atomic E-state index is 9.96. The molecule has 0 fully saturated rings. The topological polar surface area (TPSA) is 20.2 Å². The molecule has 0 amide bonds. The summed E-state index contributed by atoms with van der Waals surface area (Å²) in [5.74, 6) is 0. The summed E-state index contributed by atoms with van der Waals surface area (Å²) >= 11 is 1.68. The van der Waals surface area contributed by atoms with Crippen LogP contribution in [0, 0.1) is 6.92 Å². The second-order valence-electron chi connectivity index (χ2n) is 4.19. The van der Waals surface area contributed by atoms with E-state index in [0.717, 1.165) is 17.7 Å². The number of aliphatic hydroxyl groups is 1. The Morgan fingerprint density at radius 2 is 2.00 bits per heavy atom. The SMILES string of the molecule is CCCCCCCC(O)c1sccc1C. The van der Waals surface area contributed by atoms with E-state index in [2.05, 4.69) is 25.3 Å². The van der Waals surface area contributed by atoms with Crippen molar-refractivity contribution in [2.75, 3.05) is 0 Å². The van der Waals surface area contributed by atoms with Crippen LogP contribution in [0.2, 0.25) is 0 Å². The molecule has 1 atom stereocenters. The van der Waals surface area contributed by atoms with Gasteiger partial charge >= 0.3 is 0 Å². The van der Waals surface area contributed by atoms with Gasteiger partial charge in [0.25, 0.3) is 0 Å². The summed E-state index contributed by atoms with van der Waals surface area (Å²) in [5, 5.41) is 12.0. The molecule has 0 saturated heterocycles. The van der Waals surface area contributed by atoms with E-state index in [9.17, 15) is 5.11 Å². The Morgan fingerprint density at radius 1 is 1.27 bits per heavy atom. The number of aliphatic hydroxyl groups excluding tert-OH is 1. The van der Waals surface area contributed by atoms with Crippen molar-refractivity contribution in [3.63, 3.8) is 0 Å². The number of hydrogen-bond acceptors (Lipinski definition) is 2. The first kappa shape index (κ1) is 12.7. The van der Waals surface area contributed by atoms with Crippen LogP contribution in [0.3, 0.4) is 0 Å². The Bertz CT molecular complexity index is 267. The molecular weight excluding hydrogens is 204 g/mol. The van der Waals surface area contributed by atoms with E-state index in [4.69, 9.17) is 0 Å². The Labute approximate surface area is 97.2 Å². The summed E-state index contributed by atoms with van der Waals surface area (Å²) in [5.41, 5.74) is 1.24. The fourth-order valence-corrected chi connectivity index (χ4v) is 2.75. The van der Waals surface area contributed by atoms with Gasteiger partial charge in [-0.25, -0.2) is 0 Å². The summed E-state index contributed by atoms with van der Waals surface area (Å²) in [7, 11) is 0. The second-order valence-corrected chi connectivity index (χ2v) is 5.13. The standard InChI is InChI=1S/C13H22OS/c1-3-4-5-6-7-8-12(14)13-11(2)9-10-15-13/h9-10,12,14H,3-8H2,1-2H3. The van der Waals surface area contributed by atoms with E-state index in [1.165, 1.54) is 31.2 Å². The predicted molar refractivity (Wildman–Crippen MR) is 67.4 cm³/mol. The van der Waals surface area contributed by atoms with Crippen molar-refractivity contribution in [1.29, 1.82) is 0 Å². The van der Waals surface area contributed by atoms with Crippen LogP contribution in [0.5, 0.6) is 0 Å². The lowest BCUT2D eigenvalue weighted by Gasteiger charge is -2.09. The quantitative estimate of drug-likeness (QED) is 0.681. The molecule has 1 heterocycles. The van der Waals surface area contributed by atoms with Crippen LogP contribution in [0.25, 0.3) is 0 Å². The average molecular weight is 226 g/mol. The summed E-state index contributed by atoms with van der Waals surface area (Å²) in [4.78, 5) is 1.16. The van der Waals surface area contributed by atoms with Gasteiger partial charge in [0, 0.05) is 4.88 Å². The summed E-state index contributed by atoms with van der Waals surface area (Å²) in [6.45, 7) is 4.30. The van der Waals surface area contributed by atoms with Crippen LogP contribution in [0.4, 0.5) is 0 Å². The molecule has 0 aliphatic heterocycles. The highest BCUT2D eigenvalue weighted by Crippen LogP contribution is 2.27. The smallest absolute Gasteiger partial charge is 0.0884 e. The maximum Gasteiger partial charge on any atom is 0.0884 e. The van der Waals surface area contributed by atoms with E-state index >= 15 is 0 Å². The van der Waals surface area contributed by atoms with Crippen LogP contribution in [-0.2, 0) is 0 Å². The monoisotopic (exact) mass is 226 g/mol. The molecule has 1 rings (SSSR count). The fraction of sp³-hybridized carbons (Fsp3) is 0.692. The lowest BCUT2D eigenvalue weighted by Crippen LogP contribution is -1.96. The Kier molecular flexibility index (Phi) is 5.96. The zero-order chi connectivity index (χ0) is 11.1. The highest BCUT2D eigenvalue weighted by molar-refractivity contribution is 7.10. The van der Waals surface area contributed by atoms with E-state index in [0.29, 0.717) is 0 Å². The molecule has 0 aromatic carbocycles. The molecule has 1 nitrogen and oxygen atoms in total. The molecule has 1 aromatic heterocycles. The van der Waals surface area contributed by atoms with Crippen LogP contribution in [-0.4, -0.2) is 5.11 Å². The number of rotatable bonds is 7. The van der Waals surface area contributed by atoms with E-state index in [1.54, 1.807) is 11.3 Å². The Hall–Kier alpha value is -0.340. The van der Waals surface area contributed by atoms with Gasteiger partial charge in [-0.05, 0) is 30.4 Å². The van der Waals surface area contributed by atoms with Crippen LogP contribution in [0.15, 0.2) is 11.4 Å². The zero-order valence-electron chi connectivity index (χ0n) is 9.83. The third-order valence-electron chi connectivity index (χ3n) is 2.79. The van der Waals surface area contributed by atoms with Crippen molar-refractivity contribution in [2.24, 2.45) is 0 Å². The molecule has 0 radical (unpaired) electrons. The molecule has 2 heteroatoms. The van der Waals surface area contributed by atoms with Crippen molar-refractivity contribution in [1.82, 2.24) is 0 Å². The summed E-state index contributed by atoms with van der Waals surface area (Å²) in [6, 6.07) is 2.08. The average Bonchev–Trinajstić information content (AvgIpc) is 2.64. The van der Waals surface area contributed by atoms with Gasteiger partial charge in [-0.1, -0.05) is 39.0 Å². The molecule has 0 aliphatic rings. The molecule has 0 saturated carbocycles. The Morgan fingerprint density at radius 3 is 2.60 bits per heavy atom. The molecule has 1 unspecified atom stereocenters. The first-order valence-corrected chi connectivity index (χ1v) is 6.85. The molecule has 1 aromatic rings. The normalized spacial score (nSPS) is 13.0. The van der Waals surface area contributed by atoms with Crippen molar-refractivity contribution in [3.05, 3.63) is 21.9 Å². The molecule has 86 valence electrons. The number of thiophene rings is 1. The zero-order valence-corrected chi connectivity index (χ0v) is 10.6. The van der Waals surface area contributed by atoms with Crippen LogP contribution in [0.1, 0.15) is 62.0 Å². The highest BCUT2D eigenvalue weighted by atomic mass is 32.1. The van der Waals surface area contributed by atoms with Crippen LogP contribution >= 0.6 is 11.3 Å². The minimum Gasteiger partial charge on any atom is -0.388 e. The maximum absolute atomic E-state index is 9.96. The largest absolute Gasteiger partial charge is 0.388 e. The molecule has 15 heavy (non-hydrogen) atoms. The first-order valence-electron chi connectivity index (χ1n) is 5.97. The fourth-order valence-electron chi connectivity index (χ4n) is 1.80. The highest BCUT2D eigenvalue weighted by Gasteiger charge is 2.10. The van der Waals surface area contributed by atoms with Gasteiger partial charge in [0.15, 0.2) is 0 Å². The number of aryl methyl sites for hydroxylation is 1. The predicted octanol–water partition coefficient (Wildman–Crippen LogP) is 4.45. The van der Waals surface area contributed by atoms with E-state index < -0.39 is 0 Å². The first-order chi connectivity index (χ1) is 7.25. The molecule has 0 bridgehead atoms. The lowest BCUT2D eigenvalue weighted by molar-refractivity contribution is 0.166. The third kappa shape index (κ3) is 4.35. The molecule has 0 aliphatic carbocycles. The summed E-state index contributed by atoms with van der Waals surface area (Å²) in [6.07, 6.45) is 7.03. The van der Waals surface area contributed by atoms with Gasteiger partial charge in [-0.15, -0.1) is 11.3 Å². The lowest BCUT2D eigenvalue weighted by atomic mass is 10.1. The molecule has 0 spiro atoms. The van der Waals surface area contributed by atoms with Crippen molar-refractivity contribution in [2.45, 2.75) is 58.5 Å². The van der Waals surface area contributed by atoms with Gasteiger partial charge in [0.1, 0.15) is 0 Å². The van der Waals surface area contributed by atoms with Crippen molar-refractivity contribution in [3.8, 4) is 0 Å². The van der Waals surface area contributed by atoms with Gasteiger partial charge in [-0.2, -0.15) is 0 Å². The minimum atomic E-state index is -0.230. The van der Waals surface area contributed by atoms with Gasteiger partial charge in [-0.3, -0.25) is 0 Å². The third-order valence-corrected chi connectivity index (χ3v) is 3.91. The number of hydrogen-bond donors (Lipinski definition) is 1. The van der Waals surface area contributed by atoms with E-state index in [1.807, 2.05) is 0 Å². The van der Waals surface area contributed by atoms with E-state index in [-0.39, 0.29) is 6.10 Å². The van der Waals surface area contributed by atoms with Crippen molar-refractivity contribution < 1.29 is 5.11 Å². The van der Waals surface area contributed by atoms with Crippen molar-refractivity contribution >= 4 is 11.3 Å². The Balaban J connectivity index is 2.19. The van der Waals surface area contributed by atoms with Gasteiger partial charge in [0.05, 0.1) is 6.10 Å². The summed E-state index contributed by atoms with van der Waals surface area (Å²) < 4.78 is 0. The van der Waals surface area contributed by atoms with Gasteiger partial charge < -0.3 is 5.11 Å². The van der Waals surface area contributed by atoms with Gasteiger partial charge in [0.2, 0.25) is 0 Å². The molecular formula is C13H22OS. The second kappa shape index (κ2) is 7.02. The minimum absolute atomic E-state index is 0.230.